The smallest absolute Gasteiger partial charge is 0.270 e. The Morgan fingerprint density at radius 3 is 2.62 bits per heavy atom. The van der Waals surface area contributed by atoms with Gasteiger partial charge in [-0.3, -0.25) is 14.9 Å². The van der Waals surface area contributed by atoms with E-state index in [0.29, 0.717) is 18.8 Å². The highest BCUT2D eigenvalue weighted by atomic mass is 16.6. The minimum absolute atomic E-state index is 0.0861. The Hall–Kier alpha value is -3.68. The molecular weight excluding hydrogens is 334 g/mol. The van der Waals surface area contributed by atoms with Gasteiger partial charge in [0.2, 0.25) is 0 Å². The first-order chi connectivity index (χ1) is 12.5. The Morgan fingerprint density at radius 1 is 1.08 bits per heavy atom. The van der Waals surface area contributed by atoms with Crippen LogP contribution >= 0.6 is 0 Å². The normalized spacial score (nSPS) is 10.5. The van der Waals surface area contributed by atoms with Crippen LogP contribution in [0.15, 0.2) is 54.6 Å². The zero-order valence-corrected chi connectivity index (χ0v) is 13.8. The number of fused-ring (bicyclic) bond motifs is 1. The minimum Gasteiger partial charge on any atom is -0.383 e. The Labute approximate surface area is 149 Å². The van der Waals surface area contributed by atoms with Crippen LogP contribution in [0.5, 0.6) is 0 Å². The number of hydrogen-bond donors (Lipinski definition) is 3. The molecule has 0 radical (unpaired) electrons. The van der Waals surface area contributed by atoms with Gasteiger partial charge in [-0.2, -0.15) is 0 Å². The third-order valence-corrected chi connectivity index (χ3v) is 3.82. The summed E-state index contributed by atoms with van der Waals surface area (Å²) in [5.74, 6) is 0.0182. The number of nitro benzene ring substituents is 1. The van der Waals surface area contributed by atoms with Crippen LogP contribution in [0.3, 0.4) is 0 Å². The SMILES string of the molecule is NC(=O)c1cc([N+](=O)[O-])ccc1NCCNc1ccc2ccccc2n1. The number of carbonyl (C=O) groups is 1. The number of nitrogens with two attached hydrogens (primary N) is 1. The summed E-state index contributed by atoms with van der Waals surface area (Å²) in [6.45, 7) is 1.02. The molecule has 2 aromatic carbocycles. The second-order valence-electron chi connectivity index (χ2n) is 5.59. The lowest BCUT2D eigenvalue weighted by Gasteiger charge is -2.11. The van der Waals surface area contributed by atoms with Gasteiger partial charge < -0.3 is 16.4 Å². The van der Waals surface area contributed by atoms with Crippen molar-refractivity contribution in [3.05, 3.63) is 70.3 Å². The summed E-state index contributed by atoms with van der Waals surface area (Å²) in [7, 11) is 0. The number of pyridine rings is 1. The van der Waals surface area contributed by atoms with E-state index >= 15 is 0 Å². The number of benzene rings is 2. The van der Waals surface area contributed by atoms with Crippen LogP contribution in [-0.4, -0.2) is 28.9 Å². The molecule has 0 aliphatic heterocycles. The van der Waals surface area contributed by atoms with E-state index < -0.39 is 10.8 Å². The molecule has 132 valence electrons. The van der Waals surface area contributed by atoms with Gasteiger partial charge in [-0.05, 0) is 24.3 Å². The minimum atomic E-state index is -0.722. The van der Waals surface area contributed by atoms with Crippen molar-refractivity contribution in [2.75, 3.05) is 23.7 Å². The number of aromatic nitrogens is 1. The number of nitro groups is 1. The number of primary amides is 1. The lowest BCUT2D eigenvalue weighted by molar-refractivity contribution is -0.384. The molecule has 0 fully saturated rings. The van der Waals surface area contributed by atoms with Crippen molar-refractivity contribution in [1.29, 1.82) is 0 Å². The van der Waals surface area contributed by atoms with Gasteiger partial charge in [-0.15, -0.1) is 0 Å². The van der Waals surface area contributed by atoms with Gasteiger partial charge in [0.1, 0.15) is 5.82 Å². The number of para-hydroxylation sites is 1. The lowest BCUT2D eigenvalue weighted by Crippen LogP contribution is -2.18. The Kier molecular flexibility index (Phi) is 4.93. The van der Waals surface area contributed by atoms with Gasteiger partial charge in [0.05, 0.1) is 16.0 Å². The van der Waals surface area contributed by atoms with Gasteiger partial charge in [0.25, 0.3) is 11.6 Å². The zero-order chi connectivity index (χ0) is 18.5. The second-order valence-corrected chi connectivity index (χ2v) is 5.59. The molecule has 0 unspecified atom stereocenters. The predicted octanol–water partition coefficient (Wildman–Crippen LogP) is 2.77. The highest BCUT2D eigenvalue weighted by molar-refractivity contribution is 5.99. The predicted molar refractivity (Wildman–Crippen MR) is 100 cm³/mol. The number of anilines is 2. The fourth-order valence-electron chi connectivity index (χ4n) is 2.56. The molecule has 0 spiro atoms. The highest BCUT2D eigenvalue weighted by Crippen LogP contribution is 2.21. The van der Waals surface area contributed by atoms with Crippen molar-refractivity contribution in [2.24, 2.45) is 5.73 Å². The highest BCUT2D eigenvalue weighted by Gasteiger charge is 2.14. The van der Waals surface area contributed by atoms with E-state index in [0.717, 1.165) is 16.7 Å². The van der Waals surface area contributed by atoms with E-state index in [1.807, 2.05) is 36.4 Å². The molecule has 3 aromatic rings. The van der Waals surface area contributed by atoms with Crippen molar-refractivity contribution in [1.82, 2.24) is 4.98 Å². The van der Waals surface area contributed by atoms with Crippen molar-refractivity contribution in [3.8, 4) is 0 Å². The molecule has 0 aliphatic carbocycles. The summed E-state index contributed by atoms with van der Waals surface area (Å²) in [5, 5.41) is 18.1. The number of nitrogens with one attached hydrogen (secondary N) is 2. The first kappa shape index (κ1) is 17.2. The maximum Gasteiger partial charge on any atom is 0.270 e. The number of amides is 1. The Balaban J connectivity index is 1.62. The molecule has 0 saturated carbocycles. The third kappa shape index (κ3) is 3.86. The average molecular weight is 351 g/mol. The first-order valence-electron chi connectivity index (χ1n) is 7.96. The summed E-state index contributed by atoms with van der Waals surface area (Å²) in [6, 6.07) is 15.7. The summed E-state index contributed by atoms with van der Waals surface area (Å²) in [4.78, 5) is 26.3. The van der Waals surface area contributed by atoms with Crippen LogP contribution < -0.4 is 16.4 Å². The number of non-ortho nitro benzene ring substituents is 1. The monoisotopic (exact) mass is 351 g/mol. The molecule has 0 aliphatic rings. The topological polar surface area (TPSA) is 123 Å². The zero-order valence-electron chi connectivity index (χ0n) is 13.8. The van der Waals surface area contributed by atoms with E-state index in [-0.39, 0.29) is 11.3 Å². The van der Waals surface area contributed by atoms with Crippen LogP contribution in [0.25, 0.3) is 10.9 Å². The van der Waals surface area contributed by atoms with Crippen molar-refractivity contribution in [3.63, 3.8) is 0 Å². The van der Waals surface area contributed by atoms with Crippen LogP contribution in [0.1, 0.15) is 10.4 Å². The maximum absolute atomic E-state index is 11.5. The van der Waals surface area contributed by atoms with Crippen LogP contribution in [0.4, 0.5) is 17.2 Å². The molecule has 1 amide bonds. The largest absolute Gasteiger partial charge is 0.383 e. The third-order valence-electron chi connectivity index (χ3n) is 3.82. The Bertz CT molecular complexity index is 974. The van der Waals surface area contributed by atoms with Gasteiger partial charge in [0, 0.05) is 36.3 Å². The molecule has 3 rings (SSSR count). The summed E-state index contributed by atoms with van der Waals surface area (Å²) < 4.78 is 0. The van der Waals surface area contributed by atoms with E-state index in [1.165, 1.54) is 18.2 Å². The fraction of sp³-hybridized carbons (Fsp3) is 0.111. The Morgan fingerprint density at radius 2 is 1.85 bits per heavy atom. The molecule has 8 heteroatoms. The number of rotatable bonds is 7. The molecule has 0 atom stereocenters. The molecule has 1 aromatic heterocycles. The average Bonchev–Trinajstić information content (AvgIpc) is 2.65. The second kappa shape index (κ2) is 7.47. The summed E-state index contributed by atoms with van der Waals surface area (Å²) >= 11 is 0. The molecule has 4 N–H and O–H groups in total. The van der Waals surface area contributed by atoms with Gasteiger partial charge in [-0.25, -0.2) is 4.98 Å². The number of carbonyl (C=O) groups excluding carboxylic acids is 1. The number of hydrogen-bond acceptors (Lipinski definition) is 6. The maximum atomic E-state index is 11.5. The number of nitrogens with zero attached hydrogens (tertiary/aromatic N) is 2. The molecule has 8 nitrogen and oxygen atoms in total. The molecule has 1 heterocycles. The first-order valence-corrected chi connectivity index (χ1v) is 7.96. The van der Waals surface area contributed by atoms with Crippen LogP contribution in [0.2, 0.25) is 0 Å². The molecule has 0 bridgehead atoms. The lowest BCUT2D eigenvalue weighted by atomic mass is 10.1. The van der Waals surface area contributed by atoms with Gasteiger partial charge in [0.15, 0.2) is 0 Å². The van der Waals surface area contributed by atoms with Crippen molar-refractivity contribution in [2.45, 2.75) is 0 Å². The van der Waals surface area contributed by atoms with Crippen molar-refractivity contribution < 1.29 is 9.72 Å². The standard InChI is InChI=1S/C18H17N5O3/c19-18(24)14-11-13(23(25)26)6-7-16(14)20-9-10-21-17-8-5-12-3-1-2-4-15(12)22-17/h1-8,11,20H,9-10H2,(H2,19,24)(H,21,22). The van der Waals surface area contributed by atoms with E-state index in [1.54, 1.807) is 0 Å². The van der Waals surface area contributed by atoms with Gasteiger partial charge >= 0.3 is 0 Å². The van der Waals surface area contributed by atoms with Crippen LogP contribution in [-0.2, 0) is 0 Å². The van der Waals surface area contributed by atoms with Crippen molar-refractivity contribution >= 4 is 34.0 Å². The fourth-order valence-corrected chi connectivity index (χ4v) is 2.56. The molecular formula is C18H17N5O3. The quantitative estimate of drug-likeness (QED) is 0.342. The van der Waals surface area contributed by atoms with Crippen LogP contribution in [0, 0.1) is 10.1 Å². The molecule has 0 saturated heterocycles. The summed E-state index contributed by atoms with van der Waals surface area (Å²) in [6.07, 6.45) is 0. The summed E-state index contributed by atoms with van der Waals surface area (Å²) in [5.41, 5.74) is 6.57. The molecule has 26 heavy (non-hydrogen) atoms. The van der Waals surface area contributed by atoms with E-state index in [4.69, 9.17) is 5.73 Å². The van der Waals surface area contributed by atoms with E-state index in [9.17, 15) is 14.9 Å². The van der Waals surface area contributed by atoms with Gasteiger partial charge in [-0.1, -0.05) is 18.2 Å². The van der Waals surface area contributed by atoms with E-state index in [2.05, 4.69) is 15.6 Å².